The van der Waals surface area contributed by atoms with Crippen molar-refractivity contribution in [3.05, 3.63) is 24.3 Å². The van der Waals surface area contributed by atoms with Crippen LogP contribution >= 0.6 is 24.2 Å². The van der Waals surface area contributed by atoms with Gasteiger partial charge >= 0.3 is 0 Å². The largest absolute Gasteiger partial charge is 0.481 e. The van der Waals surface area contributed by atoms with Crippen LogP contribution in [0.15, 0.2) is 29.2 Å². The molecule has 3 atom stereocenters. The maximum atomic E-state index is 12.2. The Morgan fingerprint density at radius 3 is 2.68 bits per heavy atom. The number of halogens is 1. The van der Waals surface area contributed by atoms with E-state index >= 15 is 0 Å². The summed E-state index contributed by atoms with van der Waals surface area (Å²) in [5, 5.41) is 3.07. The van der Waals surface area contributed by atoms with Crippen molar-refractivity contribution in [2.24, 2.45) is 11.7 Å². The van der Waals surface area contributed by atoms with Gasteiger partial charge in [-0.2, -0.15) is 0 Å². The molecule has 2 rings (SSSR count). The highest BCUT2D eigenvalue weighted by Gasteiger charge is 2.29. The second-order valence-electron chi connectivity index (χ2n) is 5.48. The van der Waals surface area contributed by atoms with Gasteiger partial charge in [-0.05, 0) is 62.7 Å². The average molecular weight is 345 g/mol. The third-order valence-electron chi connectivity index (χ3n) is 4.03. The summed E-state index contributed by atoms with van der Waals surface area (Å²) >= 11 is 1.68. The zero-order valence-electron chi connectivity index (χ0n) is 13.1. The van der Waals surface area contributed by atoms with Gasteiger partial charge in [-0.15, -0.1) is 24.2 Å². The maximum Gasteiger partial charge on any atom is 0.261 e. The molecule has 0 saturated heterocycles. The van der Waals surface area contributed by atoms with Crippen molar-refractivity contribution in [3.8, 4) is 5.75 Å². The van der Waals surface area contributed by atoms with Crippen LogP contribution in [0, 0.1) is 5.92 Å². The Kier molecular flexibility index (Phi) is 8.07. The number of carbonyl (C=O) groups excluding carboxylic acids is 1. The first-order chi connectivity index (χ1) is 10.1. The lowest BCUT2D eigenvalue weighted by atomic mass is 10.0. The molecule has 1 aliphatic carbocycles. The fourth-order valence-electron chi connectivity index (χ4n) is 2.72. The monoisotopic (exact) mass is 344 g/mol. The van der Waals surface area contributed by atoms with Crippen LogP contribution in [0.2, 0.25) is 0 Å². The lowest BCUT2D eigenvalue weighted by Crippen LogP contribution is -2.45. The number of benzene rings is 1. The molecule has 0 aliphatic heterocycles. The summed E-state index contributed by atoms with van der Waals surface area (Å²) in [5.41, 5.74) is 5.74. The van der Waals surface area contributed by atoms with Crippen LogP contribution in [0.1, 0.15) is 26.2 Å². The molecule has 1 fully saturated rings. The Hall–Kier alpha value is -0.910. The summed E-state index contributed by atoms with van der Waals surface area (Å²) < 4.78 is 5.70. The van der Waals surface area contributed by atoms with Crippen LogP contribution in [0.3, 0.4) is 0 Å². The van der Waals surface area contributed by atoms with Crippen molar-refractivity contribution >= 4 is 30.1 Å². The number of hydrogen-bond donors (Lipinski definition) is 2. The number of amides is 1. The lowest BCUT2D eigenvalue weighted by molar-refractivity contribution is -0.128. The summed E-state index contributed by atoms with van der Waals surface area (Å²) in [6.07, 6.45) is 4.79. The molecular weight excluding hydrogens is 320 g/mol. The molecule has 1 saturated carbocycles. The van der Waals surface area contributed by atoms with Crippen molar-refractivity contribution in [1.82, 2.24) is 5.32 Å². The molecule has 1 amide bonds. The Morgan fingerprint density at radius 2 is 2.09 bits per heavy atom. The van der Waals surface area contributed by atoms with E-state index in [1.807, 2.05) is 30.5 Å². The van der Waals surface area contributed by atoms with Gasteiger partial charge < -0.3 is 15.8 Å². The minimum absolute atomic E-state index is 0. The first-order valence-electron chi connectivity index (χ1n) is 7.45. The van der Waals surface area contributed by atoms with E-state index in [9.17, 15) is 4.79 Å². The van der Waals surface area contributed by atoms with Crippen LogP contribution in [-0.4, -0.2) is 30.9 Å². The third kappa shape index (κ3) is 5.07. The SMILES string of the molecule is CSc1ccc(OC(C)C(=O)NC2CCCC2CN)cc1.Cl. The number of ether oxygens (including phenoxy) is 1. The molecule has 22 heavy (non-hydrogen) atoms. The lowest BCUT2D eigenvalue weighted by Gasteiger charge is -2.22. The van der Waals surface area contributed by atoms with Gasteiger partial charge in [0.15, 0.2) is 6.10 Å². The molecule has 1 aliphatic rings. The van der Waals surface area contributed by atoms with Gasteiger partial charge in [-0.3, -0.25) is 4.79 Å². The van der Waals surface area contributed by atoms with E-state index < -0.39 is 6.10 Å². The molecular formula is C16H25ClN2O2S. The number of nitrogens with two attached hydrogens (primary N) is 1. The van der Waals surface area contributed by atoms with Crippen molar-refractivity contribution < 1.29 is 9.53 Å². The molecule has 1 aromatic rings. The summed E-state index contributed by atoms with van der Waals surface area (Å²) in [4.78, 5) is 13.4. The summed E-state index contributed by atoms with van der Waals surface area (Å²) in [6.45, 7) is 2.42. The topological polar surface area (TPSA) is 64.3 Å². The molecule has 124 valence electrons. The van der Waals surface area contributed by atoms with Crippen molar-refractivity contribution in [1.29, 1.82) is 0 Å². The van der Waals surface area contributed by atoms with Gasteiger partial charge in [0.2, 0.25) is 0 Å². The number of nitrogens with one attached hydrogen (secondary N) is 1. The van der Waals surface area contributed by atoms with E-state index in [-0.39, 0.29) is 24.4 Å². The van der Waals surface area contributed by atoms with Crippen LogP contribution < -0.4 is 15.8 Å². The average Bonchev–Trinajstić information content (AvgIpc) is 2.95. The van der Waals surface area contributed by atoms with Gasteiger partial charge in [-0.25, -0.2) is 0 Å². The van der Waals surface area contributed by atoms with Gasteiger partial charge in [0.05, 0.1) is 0 Å². The fourth-order valence-corrected chi connectivity index (χ4v) is 3.13. The first kappa shape index (κ1) is 19.1. The molecule has 6 heteroatoms. The van der Waals surface area contributed by atoms with Crippen LogP contribution in [0.4, 0.5) is 0 Å². The Bertz CT molecular complexity index is 470. The molecule has 0 bridgehead atoms. The van der Waals surface area contributed by atoms with E-state index in [1.165, 1.54) is 4.90 Å². The minimum atomic E-state index is -0.496. The number of hydrogen-bond acceptors (Lipinski definition) is 4. The van der Waals surface area contributed by atoms with Crippen molar-refractivity contribution in [3.63, 3.8) is 0 Å². The van der Waals surface area contributed by atoms with E-state index in [0.717, 1.165) is 25.0 Å². The number of rotatable bonds is 6. The smallest absolute Gasteiger partial charge is 0.261 e. The second kappa shape index (κ2) is 9.28. The first-order valence-corrected chi connectivity index (χ1v) is 8.67. The maximum absolute atomic E-state index is 12.2. The highest BCUT2D eigenvalue weighted by Crippen LogP contribution is 2.25. The molecule has 0 heterocycles. The molecule has 0 spiro atoms. The number of carbonyl (C=O) groups is 1. The van der Waals surface area contributed by atoms with E-state index in [4.69, 9.17) is 10.5 Å². The summed E-state index contributed by atoms with van der Waals surface area (Å²) in [7, 11) is 0. The second-order valence-corrected chi connectivity index (χ2v) is 6.36. The zero-order chi connectivity index (χ0) is 15.2. The van der Waals surface area contributed by atoms with Gasteiger partial charge in [-0.1, -0.05) is 6.42 Å². The minimum Gasteiger partial charge on any atom is -0.481 e. The normalized spacial score (nSPS) is 21.8. The number of thioether (sulfide) groups is 1. The molecule has 3 unspecified atom stereocenters. The van der Waals surface area contributed by atoms with Gasteiger partial charge in [0.25, 0.3) is 5.91 Å². The predicted molar refractivity (Wildman–Crippen MR) is 93.9 cm³/mol. The van der Waals surface area contributed by atoms with Gasteiger partial charge in [0, 0.05) is 10.9 Å². The van der Waals surface area contributed by atoms with Crippen molar-refractivity contribution in [2.45, 2.75) is 43.2 Å². The summed E-state index contributed by atoms with van der Waals surface area (Å²) in [6, 6.07) is 7.98. The van der Waals surface area contributed by atoms with Crippen LogP contribution in [-0.2, 0) is 4.79 Å². The molecule has 0 radical (unpaired) electrons. The summed E-state index contributed by atoms with van der Waals surface area (Å²) in [5.74, 6) is 1.06. The Labute approximate surface area is 143 Å². The van der Waals surface area contributed by atoms with E-state index in [2.05, 4.69) is 5.32 Å². The standard InChI is InChI=1S/C16H24N2O2S.ClH/c1-11(20-13-6-8-14(21-2)9-7-13)16(19)18-15-5-3-4-12(15)10-17;/h6-9,11-12,15H,3-5,10,17H2,1-2H3,(H,18,19);1H. The highest BCUT2D eigenvalue weighted by molar-refractivity contribution is 7.98. The van der Waals surface area contributed by atoms with E-state index in [1.54, 1.807) is 18.7 Å². The highest BCUT2D eigenvalue weighted by atomic mass is 35.5. The van der Waals surface area contributed by atoms with Crippen LogP contribution in [0.25, 0.3) is 0 Å². The van der Waals surface area contributed by atoms with Gasteiger partial charge in [0.1, 0.15) is 5.75 Å². The zero-order valence-corrected chi connectivity index (χ0v) is 14.7. The predicted octanol–water partition coefficient (Wildman–Crippen LogP) is 2.84. The van der Waals surface area contributed by atoms with Crippen molar-refractivity contribution in [2.75, 3.05) is 12.8 Å². The van der Waals surface area contributed by atoms with Crippen LogP contribution in [0.5, 0.6) is 5.75 Å². The molecule has 1 aromatic carbocycles. The Balaban J connectivity index is 0.00000242. The molecule has 3 N–H and O–H groups in total. The molecule has 4 nitrogen and oxygen atoms in total. The molecule has 0 aromatic heterocycles. The van der Waals surface area contributed by atoms with E-state index in [0.29, 0.717) is 12.5 Å². The third-order valence-corrected chi connectivity index (χ3v) is 4.77. The quantitative estimate of drug-likeness (QED) is 0.779. The fraction of sp³-hybridized carbons (Fsp3) is 0.562. The Morgan fingerprint density at radius 1 is 1.41 bits per heavy atom.